The molecule has 0 amide bonds. The second kappa shape index (κ2) is 7.84. The number of thiophene rings is 1. The van der Waals surface area contributed by atoms with Gasteiger partial charge in [-0.3, -0.25) is 0 Å². The number of phenolic OH excluding ortho intramolecular Hbond substituents is 1. The van der Waals surface area contributed by atoms with Crippen molar-refractivity contribution >= 4 is 51.1 Å². The van der Waals surface area contributed by atoms with Crippen LogP contribution in [0.1, 0.15) is 33.3 Å². The van der Waals surface area contributed by atoms with E-state index < -0.39 is 0 Å². The minimum atomic E-state index is -0.316. The highest BCUT2D eigenvalue weighted by Gasteiger charge is 2.27. The minimum Gasteiger partial charge on any atom is -0.507 e. The molecule has 0 saturated heterocycles. The second-order valence-electron chi connectivity index (χ2n) is 5.85. The Morgan fingerprint density at radius 2 is 2.32 bits per heavy atom. The summed E-state index contributed by atoms with van der Waals surface area (Å²) < 4.78 is 6.25. The molecule has 2 aromatic rings. The van der Waals surface area contributed by atoms with Crippen molar-refractivity contribution in [2.45, 2.75) is 19.9 Å². The van der Waals surface area contributed by atoms with E-state index in [0.29, 0.717) is 22.7 Å². The van der Waals surface area contributed by atoms with E-state index in [9.17, 15) is 9.90 Å². The Labute approximate surface area is 164 Å². The van der Waals surface area contributed by atoms with Crippen LogP contribution in [0.3, 0.4) is 0 Å². The second-order valence-corrected chi connectivity index (χ2v) is 8.18. The van der Waals surface area contributed by atoms with Gasteiger partial charge in [-0.1, -0.05) is 0 Å². The smallest absolute Gasteiger partial charge is 0.341 e. The number of aromatic hydroxyl groups is 1. The largest absolute Gasteiger partial charge is 0.507 e. The van der Waals surface area contributed by atoms with Gasteiger partial charge >= 0.3 is 5.97 Å². The molecule has 1 N–H and O–H groups in total. The maximum Gasteiger partial charge on any atom is 0.341 e. The molecule has 7 heteroatoms. The molecule has 132 valence electrons. The Hall–Kier alpha value is -1.45. The Morgan fingerprint density at radius 1 is 1.52 bits per heavy atom. The quantitative estimate of drug-likeness (QED) is 0.418. The van der Waals surface area contributed by atoms with Gasteiger partial charge in [-0.25, -0.2) is 9.79 Å². The summed E-state index contributed by atoms with van der Waals surface area (Å²) in [4.78, 5) is 20.4. The zero-order chi connectivity index (χ0) is 18.0. The number of nitrogens with zero attached hydrogens (tertiary/aromatic N) is 2. The third-order valence-corrected chi connectivity index (χ3v) is 5.81. The van der Waals surface area contributed by atoms with E-state index in [2.05, 4.69) is 39.5 Å². The first-order valence-corrected chi connectivity index (χ1v) is 9.92. The van der Waals surface area contributed by atoms with Crippen LogP contribution in [0.2, 0.25) is 0 Å². The lowest BCUT2D eigenvalue weighted by atomic mass is 10.0. The van der Waals surface area contributed by atoms with Gasteiger partial charge in [0.05, 0.1) is 12.2 Å². The fraction of sp³-hybridized carbons (Fsp3) is 0.333. The van der Waals surface area contributed by atoms with Crippen molar-refractivity contribution in [1.29, 1.82) is 0 Å². The maximum atomic E-state index is 12.5. The van der Waals surface area contributed by atoms with Gasteiger partial charge in [0.1, 0.15) is 10.8 Å². The Morgan fingerprint density at radius 3 is 3.08 bits per heavy atom. The zero-order valence-electron chi connectivity index (χ0n) is 14.1. The number of likely N-dealkylation sites (N-methyl/N-ethyl adjacent to an activating group) is 1. The van der Waals surface area contributed by atoms with Crippen LogP contribution >= 0.6 is 33.9 Å². The maximum absolute atomic E-state index is 12.5. The predicted octanol–water partition coefficient (Wildman–Crippen LogP) is 3.97. The highest BCUT2D eigenvalue weighted by molar-refractivity contribution is 14.1. The van der Waals surface area contributed by atoms with Gasteiger partial charge in [0.25, 0.3) is 0 Å². The number of halogens is 1. The summed E-state index contributed by atoms with van der Waals surface area (Å²) in [5.41, 5.74) is 2.27. The SMILES string of the molecule is CCOC(=O)c1c(N=Cc2cc(I)ccc2O)sc2c1CCN(C)C2. The highest BCUT2D eigenvalue weighted by atomic mass is 127. The molecule has 0 unspecified atom stereocenters. The van der Waals surface area contributed by atoms with Crippen LogP contribution in [0, 0.1) is 3.57 Å². The van der Waals surface area contributed by atoms with E-state index >= 15 is 0 Å². The summed E-state index contributed by atoms with van der Waals surface area (Å²) >= 11 is 3.71. The summed E-state index contributed by atoms with van der Waals surface area (Å²) in [7, 11) is 2.07. The number of phenols is 1. The molecule has 3 rings (SSSR count). The number of rotatable bonds is 4. The van der Waals surface area contributed by atoms with Crippen LogP contribution in [0.4, 0.5) is 5.00 Å². The summed E-state index contributed by atoms with van der Waals surface area (Å²) in [6.45, 7) is 3.87. The number of fused-ring (bicyclic) bond motifs is 1. The van der Waals surface area contributed by atoms with E-state index in [1.165, 1.54) is 11.3 Å². The van der Waals surface area contributed by atoms with Crippen molar-refractivity contribution in [3.8, 4) is 5.75 Å². The molecule has 0 spiro atoms. The first kappa shape index (κ1) is 18.3. The molecule has 5 nitrogen and oxygen atoms in total. The lowest BCUT2D eigenvalue weighted by Crippen LogP contribution is -2.26. The Balaban J connectivity index is 2.01. The molecule has 1 aliphatic heterocycles. The molecule has 0 atom stereocenters. The Kier molecular flexibility index (Phi) is 5.75. The van der Waals surface area contributed by atoms with E-state index in [4.69, 9.17) is 4.74 Å². The van der Waals surface area contributed by atoms with Crippen LogP contribution in [0.25, 0.3) is 0 Å². The van der Waals surface area contributed by atoms with Crippen LogP contribution in [0.15, 0.2) is 23.2 Å². The number of benzene rings is 1. The molecule has 0 bridgehead atoms. The van der Waals surface area contributed by atoms with E-state index in [1.807, 2.05) is 12.1 Å². The van der Waals surface area contributed by atoms with Crippen molar-refractivity contribution in [1.82, 2.24) is 4.90 Å². The molecule has 0 fully saturated rings. The molecule has 0 radical (unpaired) electrons. The number of carbonyl (C=O) groups is 1. The summed E-state index contributed by atoms with van der Waals surface area (Å²) in [5, 5.41) is 10.6. The average molecular weight is 470 g/mol. The number of aliphatic imine (C=N–C) groups is 1. The van der Waals surface area contributed by atoms with Crippen LogP contribution < -0.4 is 0 Å². The zero-order valence-corrected chi connectivity index (χ0v) is 17.1. The van der Waals surface area contributed by atoms with E-state index in [1.54, 1.807) is 19.2 Å². The first-order valence-electron chi connectivity index (χ1n) is 8.02. The number of carbonyl (C=O) groups excluding carboxylic acids is 1. The molecule has 2 heterocycles. The van der Waals surface area contributed by atoms with E-state index in [-0.39, 0.29) is 11.7 Å². The lowest BCUT2D eigenvalue weighted by molar-refractivity contribution is 0.0526. The van der Waals surface area contributed by atoms with Crippen molar-refractivity contribution in [3.05, 3.63) is 43.3 Å². The van der Waals surface area contributed by atoms with Crippen LogP contribution in [-0.2, 0) is 17.7 Å². The third-order valence-electron chi connectivity index (χ3n) is 4.02. The minimum absolute atomic E-state index is 0.169. The van der Waals surface area contributed by atoms with Crippen LogP contribution in [-0.4, -0.2) is 42.4 Å². The molecule has 1 aliphatic rings. The number of hydrogen-bond donors (Lipinski definition) is 1. The molecular formula is C18H19IN2O3S. The van der Waals surface area contributed by atoms with Crippen molar-refractivity contribution in [2.75, 3.05) is 20.2 Å². The topological polar surface area (TPSA) is 62.1 Å². The number of esters is 1. The van der Waals surface area contributed by atoms with Crippen molar-refractivity contribution in [2.24, 2.45) is 4.99 Å². The van der Waals surface area contributed by atoms with E-state index in [0.717, 1.165) is 33.5 Å². The van der Waals surface area contributed by atoms with Gasteiger partial charge in [0.15, 0.2) is 0 Å². The molecule has 1 aromatic carbocycles. The predicted molar refractivity (Wildman–Crippen MR) is 108 cm³/mol. The first-order chi connectivity index (χ1) is 12.0. The van der Waals surface area contributed by atoms with Gasteiger partial charge in [0, 0.05) is 33.3 Å². The summed E-state index contributed by atoms with van der Waals surface area (Å²) in [6.07, 6.45) is 2.43. The molecule has 1 aromatic heterocycles. The van der Waals surface area contributed by atoms with Gasteiger partial charge in [-0.2, -0.15) is 0 Å². The molecule has 0 aliphatic carbocycles. The molecule has 0 saturated carbocycles. The normalized spacial score (nSPS) is 14.7. The summed E-state index contributed by atoms with van der Waals surface area (Å²) in [5.74, 6) is -0.147. The number of ether oxygens (including phenoxy) is 1. The highest BCUT2D eigenvalue weighted by Crippen LogP contribution is 2.39. The third kappa shape index (κ3) is 4.04. The summed E-state index contributed by atoms with van der Waals surface area (Å²) in [6, 6.07) is 5.32. The van der Waals surface area contributed by atoms with Gasteiger partial charge in [-0.15, -0.1) is 11.3 Å². The van der Waals surface area contributed by atoms with Crippen LogP contribution in [0.5, 0.6) is 5.75 Å². The van der Waals surface area contributed by atoms with Gasteiger partial charge in [-0.05, 0) is 66.7 Å². The fourth-order valence-corrected chi connectivity index (χ4v) is 4.55. The fourth-order valence-electron chi connectivity index (χ4n) is 2.78. The van der Waals surface area contributed by atoms with Gasteiger partial charge < -0.3 is 14.7 Å². The molecule has 25 heavy (non-hydrogen) atoms. The monoisotopic (exact) mass is 470 g/mol. The van der Waals surface area contributed by atoms with Crippen molar-refractivity contribution in [3.63, 3.8) is 0 Å². The van der Waals surface area contributed by atoms with Crippen molar-refractivity contribution < 1.29 is 14.6 Å². The molecular weight excluding hydrogens is 451 g/mol. The number of hydrogen-bond acceptors (Lipinski definition) is 6. The lowest BCUT2D eigenvalue weighted by Gasteiger charge is -2.22. The standard InChI is InChI=1S/C18H19IN2O3S/c1-3-24-18(23)16-13-6-7-21(2)10-15(13)25-17(16)20-9-11-8-12(19)4-5-14(11)22/h4-5,8-9,22H,3,6-7,10H2,1-2H3. The Bertz CT molecular complexity index is 832. The average Bonchev–Trinajstić information content (AvgIpc) is 2.93. The van der Waals surface area contributed by atoms with Gasteiger partial charge in [0.2, 0.25) is 0 Å².